The van der Waals surface area contributed by atoms with Crippen molar-refractivity contribution in [1.82, 2.24) is 10.3 Å². The molecule has 1 heterocycles. The summed E-state index contributed by atoms with van der Waals surface area (Å²) >= 11 is 0. The molecule has 0 aliphatic heterocycles. The van der Waals surface area contributed by atoms with Gasteiger partial charge in [0.05, 0.1) is 5.56 Å². The fourth-order valence-electron chi connectivity index (χ4n) is 3.18. The van der Waals surface area contributed by atoms with Crippen molar-refractivity contribution in [3.05, 3.63) is 29.6 Å². The van der Waals surface area contributed by atoms with E-state index in [0.717, 1.165) is 25.3 Å². The topological polar surface area (TPSA) is 24.9 Å². The minimum absolute atomic E-state index is 0.246. The molecule has 0 saturated heterocycles. The molecule has 1 fully saturated rings. The maximum absolute atomic E-state index is 13.1. The third-order valence-electron chi connectivity index (χ3n) is 4.16. The van der Waals surface area contributed by atoms with Crippen LogP contribution in [-0.4, -0.2) is 12.0 Å². The summed E-state index contributed by atoms with van der Waals surface area (Å²) in [7, 11) is 1.73. The van der Waals surface area contributed by atoms with Gasteiger partial charge in [0.25, 0.3) is 0 Å². The van der Waals surface area contributed by atoms with E-state index in [9.17, 15) is 13.2 Å². The van der Waals surface area contributed by atoms with Crippen LogP contribution < -0.4 is 5.32 Å². The van der Waals surface area contributed by atoms with Gasteiger partial charge < -0.3 is 5.32 Å². The number of nitrogens with one attached hydrogen (secondary N) is 1. The van der Waals surface area contributed by atoms with Crippen LogP contribution >= 0.6 is 0 Å². The van der Waals surface area contributed by atoms with Crippen molar-refractivity contribution in [2.45, 2.75) is 38.4 Å². The van der Waals surface area contributed by atoms with Gasteiger partial charge >= 0.3 is 6.18 Å². The number of halogens is 3. The van der Waals surface area contributed by atoms with E-state index >= 15 is 0 Å². The highest BCUT2D eigenvalue weighted by Crippen LogP contribution is 2.43. The first kappa shape index (κ1) is 14.3. The van der Waals surface area contributed by atoms with Gasteiger partial charge in [-0.3, -0.25) is 4.98 Å². The van der Waals surface area contributed by atoms with E-state index in [1.807, 2.05) is 0 Å². The van der Waals surface area contributed by atoms with Crippen molar-refractivity contribution in [2.75, 3.05) is 7.05 Å². The Kier molecular flexibility index (Phi) is 4.13. The molecule has 0 bridgehead atoms. The van der Waals surface area contributed by atoms with E-state index in [-0.39, 0.29) is 17.5 Å². The molecular weight excluding hydrogens is 253 g/mol. The Morgan fingerprint density at radius 3 is 2.63 bits per heavy atom. The van der Waals surface area contributed by atoms with E-state index in [1.54, 1.807) is 7.05 Å². The third kappa shape index (κ3) is 2.91. The zero-order chi connectivity index (χ0) is 14.0. The molecule has 2 nitrogen and oxygen atoms in total. The smallest absolute Gasteiger partial charge is 0.313 e. The lowest BCUT2D eigenvalue weighted by molar-refractivity contribution is -0.138. The maximum Gasteiger partial charge on any atom is 0.416 e. The molecule has 1 N–H and O–H groups in total. The van der Waals surface area contributed by atoms with Gasteiger partial charge in [0.1, 0.15) is 0 Å². The van der Waals surface area contributed by atoms with Crippen molar-refractivity contribution in [3.63, 3.8) is 0 Å². The third-order valence-corrected chi connectivity index (χ3v) is 4.16. The molecule has 1 aromatic heterocycles. The van der Waals surface area contributed by atoms with Gasteiger partial charge in [-0.05, 0) is 36.9 Å². The average molecular weight is 272 g/mol. The molecule has 3 unspecified atom stereocenters. The van der Waals surface area contributed by atoms with E-state index in [2.05, 4.69) is 17.2 Å². The first-order valence-electron chi connectivity index (χ1n) is 6.63. The van der Waals surface area contributed by atoms with Crippen molar-refractivity contribution >= 4 is 0 Å². The normalized spacial score (nSPS) is 25.5. The predicted octanol–water partition coefficient (Wildman–Crippen LogP) is 3.80. The quantitative estimate of drug-likeness (QED) is 0.905. The number of nitrogens with zero attached hydrogens (tertiary/aromatic N) is 1. The van der Waals surface area contributed by atoms with Crippen LogP contribution in [0.3, 0.4) is 0 Å². The molecule has 1 aliphatic rings. The molecule has 1 aliphatic carbocycles. The largest absolute Gasteiger partial charge is 0.416 e. The molecule has 0 radical (unpaired) electrons. The second-order valence-corrected chi connectivity index (χ2v) is 5.30. The van der Waals surface area contributed by atoms with Crippen LogP contribution in [0.4, 0.5) is 13.2 Å². The molecule has 3 atom stereocenters. The van der Waals surface area contributed by atoms with Crippen LogP contribution in [0.25, 0.3) is 0 Å². The molecule has 2 rings (SSSR count). The standard InChI is InChI=1S/C14H19F3N2/c1-9-4-3-5-10(9)13(18-2)11-8-19-7-6-12(11)14(15,16)17/h6-10,13,18H,3-5H2,1-2H3. The lowest BCUT2D eigenvalue weighted by Gasteiger charge is -2.28. The number of hydrogen-bond donors (Lipinski definition) is 1. The van der Waals surface area contributed by atoms with Crippen LogP contribution in [0.15, 0.2) is 18.5 Å². The summed E-state index contributed by atoms with van der Waals surface area (Å²) in [5.41, 5.74) is -0.294. The lowest BCUT2D eigenvalue weighted by atomic mass is 9.85. The number of pyridine rings is 1. The summed E-state index contributed by atoms with van der Waals surface area (Å²) in [6.07, 6.45) is 1.39. The Morgan fingerprint density at radius 2 is 2.11 bits per heavy atom. The SMILES string of the molecule is CNC(c1cnccc1C(F)(F)F)C1CCCC1C. The molecule has 1 aromatic rings. The van der Waals surface area contributed by atoms with Gasteiger partial charge in [0.15, 0.2) is 0 Å². The van der Waals surface area contributed by atoms with Crippen molar-refractivity contribution in [2.24, 2.45) is 11.8 Å². The fourth-order valence-corrected chi connectivity index (χ4v) is 3.18. The van der Waals surface area contributed by atoms with Gasteiger partial charge in [-0.1, -0.05) is 19.8 Å². The summed E-state index contributed by atoms with van der Waals surface area (Å²) in [5, 5.41) is 3.06. The monoisotopic (exact) mass is 272 g/mol. The molecule has 106 valence electrons. The molecule has 5 heteroatoms. The Balaban J connectivity index is 2.38. The lowest BCUT2D eigenvalue weighted by Crippen LogP contribution is -2.29. The van der Waals surface area contributed by atoms with Crippen LogP contribution in [-0.2, 0) is 6.18 Å². The molecular formula is C14H19F3N2. The summed E-state index contributed by atoms with van der Waals surface area (Å²) < 4.78 is 39.2. The van der Waals surface area contributed by atoms with Gasteiger partial charge in [0, 0.05) is 18.4 Å². The Labute approximate surface area is 111 Å². The first-order chi connectivity index (χ1) is 8.95. The average Bonchev–Trinajstić information content (AvgIpc) is 2.76. The van der Waals surface area contributed by atoms with E-state index in [4.69, 9.17) is 0 Å². The van der Waals surface area contributed by atoms with Crippen LogP contribution in [0.2, 0.25) is 0 Å². The van der Waals surface area contributed by atoms with E-state index in [0.29, 0.717) is 5.92 Å². The Hall–Kier alpha value is -1.10. The number of rotatable bonds is 3. The van der Waals surface area contributed by atoms with E-state index in [1.165, 1.54) is 12.4 Å². The zero-order valence-corrected chi connectivity index (χ0v) is 11.2. The maximum atomic E-state index is 13.1. The van der Waals surface area contributed by atoms with Gasteiger partial charge in [-0.15, -0.1) is 0 Å². The summed E-state index contributed by atoms with van der Waals surface area (Å²) in [5.74, 6) is 0.689. The number of aromatic nitrogens is 1. The van der Waals surface area contributed by atoms with Gasteiger partial charge in [0.2, 0.25) is 0 Å². The molecule has 1 saturated carbocycles. The highest BCUT2D eigenvalue weighted by atomic mass is 19.4. The first-order valence-corrected chi connectivity index (χ1v) is 6.63. The van der Waals surface area contributed by atoms with Crippen molar-refractivity contribution in [1.29, 1.82) is 0 Å². The van der Waals surface area contributed by atoms with E-state index < -0.39 is 11.7 Å². The van der Waals surface area contributed by atoms with Crippen molar-refractivity contribution < 1.29 is 13.2 Å². The number of hydrogen-bond acceptors (Lipinski definition) is 2. The fraction of sp³-hybridized carbons (Fsp3) is 0.643. The molecule has 0 amide bonds. The summed E-state index contributed by atoms with van der Waals surface area (Å²) in [4.78, 5) is 3.88. The minimum Gasteiger partial charge on any atom is -0.313 e. The zero-order valence-electron chi connectivity index (χ0n) is 11.2. The van der Waals surface area contributed by atoms with Crippen molar-refractivity contribution in [3.8, 4) is 0 Å². The Morgan fingerprint density at radius 1 is 1.37 bits per heavy atom. The summed E-state index contributed by atoms with van der Waals surface area (Å²) in [6.45, 7) is 2.12. The minimum atomic E-state index is -4.32. The highest BCUT2D eigenvalue weighted by Gasteiger charge is 2.38. The molecule has 19 heavy (non-hydrogen) atoms. The molecule has 0 spiro atoms. The number of alkyl halides is 3. The van der Waals surface area contributed by atoms with Gasteiger partial charge in [-0.25, -0.2) is 0 Å². The van der Waals surface area contributed by atoms with Crippen LogP contribution in [0.1, 0.15) is 43.4 Å². The predicted molar refractivity (Wildman–Crippen MR) is 67.5 cm³/mol. The van der Waals surface area contributed by atoms with Gasteiger partial charge in [-0.2, -0.15) is 13.2 Å². The van der Waals surface area contributed by atoms with Crippen LogP contribution in [0, 0.1) is 11.8 Å². The highest BCUT2D eigenvalue weighted by molar-refractivity contribution is 5.30. The second kappa shape index (κ2) is 5.49. The summed E-state index contributed by atoms with van der Waals surface area (Å²) in [6, 6.07) is 0.794. The second-order valence-electron chi connectivity index (χ2n) is 5.30. The molecule has 0 aromatic carbocycles. The van der Waals surface area contributed by atoms with Crippen LogP contribution in [0.5, 0.6) is 0 Å². The Bertz CT molecular complexity index is 431.